The van der Waals surface area contributed by atoms with Gasteiger partial charge < -0.3 is 10.3 Å². The first kappa shape index (κ1) is 16.5. The van der Waals surface area contributed by atoms with Crippen molar-refractivity contribution >= 4 is 33.0 Å². The van der Waals surface area contributed by atoms with Crippen LogP contribution in [0.25, 0.3) is 0 Å². The van der Waals surface area contributed by atoms with Gasteiger partial charge in [0.25, 0.3) is 0 Å². The van der Waals surface area contributed by atoms with Crippen LogP contribution in [-0.4, -0.2) is 19.5 Å². The molecule has 3 N–H and O–H groups in total. The molecule has 116 valence electrons. The first-order chi connectivity index (χ1) is 9.96. The summed E-state index contributed by atoms with van der Waals surface area (Å²) < 4.78 is 29.6. The molecule has 0 saturated heterocycles. The van der Waals surface area contributed by atoms with Crippen LogP contribution >= 0.6 is 22.9 Å². The molecule has 0 fully saturated rings. The van der Waals surface area contributed by atoms with Crippen LogP contribution in [0.4, 0.5) is 0 Å². The van der Waals surface area contributed by atoms with Gasteiger partial charge in [0.05, 0.1) is 9.23 Å². The summed E-state index contributed by atoms with van der Waals surface area (Å²) >= 11 is 7.30. The molecule has 2 heterocycles. The average molecular weight is 348 g/mol. The number of rotatable bonds is 7. The number of halogens is 1. The van der Waals surface area contributed by atoms with Crippen molar-refractivity contribution in [1.29, 1.82) is 0 Å². The van der Waals surface area contributed by atoms with E-state index in [1.807, 2.05) is 23.6 Å². The lowest BCUT2D eigenvalue weighted by Gasteiger charge is -2.04. The molecule has 2 rings (SSSR count). The van der Waals surface area contributed by atoms with Crippen LogP contribution in [0, 0.1) is 0 Å². The number of hydrogen-bond acceptors (Lipinski definition) is 4. The SMILES string of the molecule is CCn1cc(S(=O)(=O)NCCc2ccc(Cl)s2)cc1CN. The van der Waals surface area contributed by atoms with Crippen molar-refractivity contribution in [3.63, 3.8) is 0 Å². The summed E-state index contributed by atoms with van der Waals surface area (Å²) in [6.45, 7) is 3.30. The number of nitrogens with two attached hydrogens (primary N) is 1. The summed E-state index contributed by atoms with van der Waals surface area (Å²) in [7, 11) is -3.50. The molecule has 5 nitrogen and oxygen atoms in total. The zero-order chi connectivity index (χ0) is 15.5. The predicted molar refractivity (Wildman–Crippen MR) is 86.2 cm³/mol. The molecule has 0 saturated carbocycles. The Bertz CT molecular complexity index is 685. The van der Waals surface area contributed by atoms with Crippen molar-refractivity contribution in [1.82, 2.24) is 9.29 Å². The summed E-state index contributed by atoms with van der Waals surface area (Å²) in [5.41, 5.74) is 6.42. The van der Waals surface area contributed by atoms with Gasteiger partial charge in [-0.1, -0.05) is 11.6 Å². The second-order valence-electron chi connectivity index (χ2n) is 4.51. The van der Waals surface area contributed by atoms with E-state index in [0.717, 1.165) is 10.6 Å². The number of nitrogens with one attached hydrogen (secondary N) is 1. The molecule has 2 aromatic heterocycles. The van der Waals surface area contributed by atoms with E-state index in [9.17, 15) is 8.42 Å². The molecular weight excluding hydrogens is 330 g/mol. The Hall–Kier alpha value is -0.860. The molecule has 0 spiro atoms. The fourth-order valence-electron chi connectivity index (χ4n) is 2.02. The Morgan fingerprint density at radius 3 is 2.71 bits per heavy atom. The zero-order valence-electron chi connectivity index (χ0n) is 11.7. The second kappa shape index (κ2) is 6.93. The van der Waals surface area contributed by atoms with E-state index >= 15 is 0 Å². The maximum atomic E-state index is 12.2. The van der Waals surface area contributed by atoms with Gasteiger partial charge in [-0.3, -0.25) is 0 Å². The monoisotopic (exact) mass is 347 g/mol. The third kappa shape index (κ3) is 4.08. The van der Waals surface area contributed by atoms with Gasteiger partial charge in [0, 0.05) is 36.4 Å². The first-order valence-electron chi connectivity index (χ1n) is 6.59. The molecule has 0 radical (unpaired) electrons. The predicted octanol–water partition coefficient (Wildman–Crippen LogP) is 2.20. The number of nitrogens with zero attached hydrogens (tertiary/aromatic N) is 1. The molecule has 2 aromatic rings. The molecule has 0 bridgehead atoms. The minimum atomic E-state index is -3.50. The van der Waals surface area contributed by atoms with Gasteiger partial charge in [-0.15, -0.1) is 11.3 Å². The summed E-state index contributed by atoms with van der Waals surface area (Å²) in [5.74, 6) is 0. The number of hydrogen-bond donors (Lipinski definition) is 2. The smallest absolute Gasteiger partial charge is 0.242 e. The zero-order valence-corrected chi connectivity index (χ0v) is 14.1. The summed E-state index contributed by atoms with van der Waals surface area (Å²) in [6.07, 6.45) is 2.24. The highest BCUT2D eigenvalue weighted by Crippen LogP contribution is 2.21. The third-order valence-corrected chi connectivity index (χ3v) is 5.83. The van der Waals surface area contributed by atoms with Gasteiger partial charge in [-0.25, -0.2) is 13.1 Å². The molecular formula is C13H18ClN3O2S2. The molecule has 0 unspecified atom stereocenters. The minimum Gasteiger partial charge on any atom is -0.349 e. The molecule has 0 aliphatic rings. The Morgan fingerprint density at radius 1 is 1.43 bits per heavy atom. The van der Waals surface area contributed by atoms with Crippen molar-refractivity contribution in [3.05, 3.63) is 39.3 Å². The first-order valence-corrected chi connectivity index (χ1v) is 9.27. The van der Waals surface area contributed by atoms with Gasteiger partial charge >= 0.3 is 0 Å². The van der Waals surface area contributed by atoms with Crippen molar-refractivity contribution in [2.45, 2.75) is 31.3 Å². The number of sulfonamides is 1. The van der Waals surface area contributed by atoms with Gasteiger partial charge in [0.2, 0.25) is 10.0 Å². The largest absolute Gasteiger partial charge is 0.349 e. The van der Waals surface area contributed by atoms with Crippen molar-refractivity contribution in [2.75, 3.05) is 6.54 Å². The van der Waals surface area contributed by atoms with Crippen LogP contribution in [0.1, 0.15) is 17.5 Å². The van der Waals surface area contributed by atoms with Gasteiger partial charge in [0.1, 0.15) is 0 Å². The van der Waals surface area contributed by atoms with E-state index in [1.54, 1.807) is 12.3 Å². The average Bonchev–Trinajstić information content (AvgIpc) is 3.04. The second-order valence-corrected chi connectivity index (χ2v) is 8.08. The number of thiophene rings is 1. The standard InChI is InChI=1S/C13H18ClN3O2S2/c1-2-17-9-12(7-10(17)8-15)21(18,19)16-6-5-11-3-4-13(14)20-11/h3-4,7,9,16H,2,5-6,8,15H2,1H3. The maximum absolute atomic E-state index is 12.2. The van der Waals surface area contributed by atoms with E-state index in [4.69, 9.17) is 17.3 Å². The van der Waals surface area contributed by atoms with Crippen LogP contribution in [0.3, 0.4) is 0 Å². The van der Waals surface area contributed by atoms with Crippen LogP contribution in [0.15, 0.2) is 29.3 Å². The van der Waals surface area contributed by atoms with Crippen LogP contribution < -0.4 is 10.5 Å². The fraction of sp³-hybridized carbons (Fsp3) is 0.385. The number of aromatic nitrogens is 1. The summed E-state index contributed by atoms with van der Waals surface area (Å²) in [6, 6.07) is 5.33. The Labute approximate surface area is 133 Å². The van der Waals surface area contributed by atoms with Crippen molar-refractivity contribution in [3.8, 4) is 0 Å². The fourth-order valence-corrected chi connectivity index (χ4v) is 4.20. The quantitative estimate of drug-likeness (QED) is 0.806. The molecule has 0 aromatic carbocycles. The van der Waals surface area contributed by atoms with Gasteiger partial charge in [-0.2, -0.15) is 0 Å². The van der Waals surface area contributed by atoms with Crippen LogP contribution in [0.5, 0.6) is 0 Å². The lowest BCUT2D eigenvalue weighted by atomic mass is 10.3. The summed E-state index contributed by atoms with van der Waals surface area (Å²) in [5, 5.41) is 0. The highest BCUT2D eigenvalue weighted by Gasteiger charge is 2.17. The van der Waals surface area contributed by atoms with E-state index < -0.39 is 10.0 Å². The lowest BCUT2D eigenvalue weighted by Crippen LogP contribution is -2.25. The van der Waals surface area contributed by atoms with Crippen molar-refractivity contribution < 1.29 is 8.42 Å². The van der Waals surface area contributed by atoms with Crippen LogP contribution in [0.2, 0.25) is 4.34 Å². The molecule has 0 aliphatic heterocycles. The van der Waals surface area contributed by atoms with Gasteiger partial charge in [-0.05, 0) is 31.5 Å². The lowest BCUT2D eigenvalue weighted by molar-refractivity contribution is 0.581. The molecule has 0 amide bonds. The topological polar surface area (TPSA) is 77.1 Å². The summed E-state index contributed by atoms with van der Waals surface area (Å²) in [4.78, 5) is 1.31. The maximum Gasteiger partial charge on any atom is 0.242 e. The molecule has 0 atom stereocenters. The third-order valence-electron chi connectivity index (χ3n) is 3.11. The van der Waals surface area contributed by atoms with E-state index in [-0.39, 0.29) is 4.90 Å². The minimum absolute atomic E-state index is 0.258. The van der Waals surface area contributed by atoms with E-state index in [2.05, 4.69) is 4.72 Å². The molecule has 21 heavy (non-hydrogen) atoms. The number of aryl methyl sites for hydroxylation is 1. The molecule has 0 aliphatic carbocycles. The van der Waals surface area contributed by atoms with E-state index in [1.165, 1.54) is 11.3 Å². The van der Waals surface area contributed by atoms with E-state index in [0.29, 0.717) is 30.4 Å². The Morgan fingerprint density at radius 2 is 2.19 bits per heavy atom. The highest BCUT2D eigenvalue weighted by atomic mass is 35.5. The van der Waals surface area contributed by atoms with Crippen molar-refractivity contribution in [2.24, 2.45) is 5.73 Å². The van der Waals surface area contributed by atoms with Gasteiger partial charge in [0.15, 0.2) is 0 Å². The Kier molecular flexibility index (Phi) is 5.45. The van der Waals surface area contributed by atoms with Crippen LogP contribution in [-0.2, 0) is 29.5 Å². The molecule has 8 heteroatoms. The highest BCUT2D eigenvalue weighted by molar-refractivity contribution is 7.89. The Balaban J connectivity index is 2.02. The normalized spacial score (nSPS) is 12.0.